The molecule has 0 aromatic carbocycles. The highest BCUT2D eigenvalue weighted by Crippen LogP contribution is 1.99. The Labute approximate surface area is 98.6 Å². The first kappa shape index (κ1) is 14.6. The number of hydrogen-bond donors (Lipinski definition) is 4. The fraction of sp³-hybridized carbons (Fsp3) is 0.750. The van der Waals surface area contributed by atoms with Gasteiger partial charge in [-0.3, -0.25) is 4.79 Å². The van der Waals surface area contributed by atoms with E-state index in [1.807, 2.05) is 6.26 Å². The largest absolute Gasteiger partial charge is 0.480 e. The standard InChI is InChI=1S/C8H16N2O3S2/c1-15-3-2-5(9)7(11)10-6(4-14)8(12)13/h5-6,14H,2-4,9H2,1H3,(H,10,11)(H,12,13). The van der Waals surface area contributed by atoms with Gasteiger partial charge in [-0.05, 0) is 18.4 Å². The minimum atomic E-state index is -1.10. The highest BCUT2D eigenvalue weighted by molar-refractivity contribution is 7.98. The first-order chi connectivity index (χ1) is 7.02. The molecule has 5 nitrogen and oxygen atoms in total. The maximum Gasteiger partial charge on any atom is 0.327 e. The number of carbonyl (C=O) groups is 2. The average Bonchev–Trinajstić information content (AvgIpc) is 2.21. The lowest BCUT2D eigenvalue weighted by Crippen LogP contribution is -2.49. The molecule has 0 aliphatic rings. The van der Waals surface area contributed by atoms with Gasteiger partial charge in [0.2, 0.25) is 5.91 Å². The van der Waals surface area contributed by atoms with E-state index in [9.17, 15) is 9.59 Å². The number of carboxylic acids is 1. The van der Waals surface area contributed by atoms with Gasteiger partial charge in [0.25, 0.3) is 0 Å². The van der Waals surface area contributed by atoms with Crippen LogP contribution in [0.4, 0.5) is 0 Å². The van der Waals surface area contributed by atoms with Crippen LogP contribution in [-0.2, 0) is 9.59 Å². The van der Waals surface area contributed by atoms with E-state index in [4.69, 9.17) is 10.8 Å². The van der Waals surface area contributed by atoms with E-state index in [1.165, 1.54) is 0 Å². The summed E-state index contributed by atoms with van der Waals surface area (Å²) in [6, 6.07) is -1.62. The van der Waals surface area contributed by atoms with E-state index in [0.29, 0.717) is 6.42 Å². The summed E-state index contributed by atoms with van der Waals surface area (Å²) in [7, 11) is 0. The molecule has 2 unspecified atom stereocenters. The van der Waals surface area contributed by atoms with Crippen LogP contribution in [0.2, 0.25) is 0 Å². The fourth-order valence-electron chi connectivity index (χ4n) is 0.840. The number of carbonyl (C=O) groups excluding carboxylic acids is 1. The molecule has 0 saturated carbocycles. The summed E-state index contributed by atoms with van der Waals surface area (Å²) in [5.41, 5.74) is 5.56. The van der Waals surface area contributed by atoms with Crippen LogP contribution in [-0.4, -0.2) is 46.8 Å². The summed E-state index contributed by atoms with van der Waals surface area (Å²) in [6.45, 7) is 0. The molecule has 0 heterocycles. The van der Waals surface area contributed by atoms with Crippen LogP contribution < -0.4 is 11.1 Å². The van der Waals surface area contributed by atoms with Crippen LogP contribution in [0.25, 0.3) is 0 Å². The Morgan fingerprint density at radius 3 is 2.60 bits per heavy atom. The van der Waals surface area contributed by atoms with Crippen molar-refractivity contribution in [3.8, 4) is 0 Å². The summed E-state index contributed by atoms with van der Waals surface area (Å²) < 4.78 is 0. The van der Waals surface area contributed by atoms with Crippen molar-refractivity contribution in [2.45, 2.75) is 18.5 Å². The maximum absolute atomic E-state index is 11.4. The van der Waals surface area contributed by atoms with E-state index in [-0.39, 0.29) is 5.75 Å². The van der Waals surface area contributed by atoms with Gasteiger partial charge in [0, 0.05) is 5.75 Å². The Morgan fingerprint density at radius 2 is 2.20 bits per heavy atom. The molecule has 0 aliphatic heterocycles. The second-order valence-corrected chi connectivity index (χ2v) is 4.32. The first-order valence-electron chi connectivity index (χ1n) is 4.41. The van der Waals surface area contributed by atoms with Gasteiger partial charge in [0.1, 0.15) is 6.04 Å². The number of aliphatic carboxylic acids is 1. The number of rotatable bonds is 7. The summed E-state index contributed by atoms with van der Waals surface area (Å²) in [6.07, 6.45) is 2.45. The molecule has 0 aromatic rings. The van der Waals surface area contributed by atoms with Crippen LogP contribution in [0.15, 0.2) is 0 Å². The van der Waals surface area contributed by atoms with Crippen molar-refractivity contribution in [1.29, 1.82) is 0 Å². The Hall–Kier alpha value is -0.400. The zero-order valence-electron chi connectivity index (χ0n) is 8.47. The van der Waals surface area contributed by atoms with E-state index < -0.39 is 24.0 Å². The molecule has 88 valence electrons. The van der Waals surface area contributed by atoms with Gasteiger partial charge < -0.3 is 16.2 Å². The molecule has 15 heavy (non-hydrogen) atoms. The normalized spacial score (nSPS) is 14.3. The predicted octanol–water partition coefficient (Wildman–Crippen LogP) is -0.434. The zero-order chi connectivity index (χ0) is 11.8. The zero-order valence-corrected chi connectivity index (χ0v) is 10.2. The lowest BCUT2D eigenvalue weighted by atomic mass is 10.2. The van der Waals surface area contributed by atoms with Gasteiger partial charge in [0.05, 0.1) is 6.04 Å². The SMILES string of the molecule is CSCCC(N)C(=O)NC(CS)C(=O)O. The summed E-state index contributed by atoms with van der Waals surface area (Å²) in [4.78, 5) is 22.0. The van der Waals surface area contributed by atoms with Gasteiger partial charge in [-0.15, -0.1) is 0 Å². The topological polar surface area (TPSA) is 92.4 Å². The Morgan fingerprint density at radius 1 is 1.60 bits per heavy atom. The molecule has 0 radical (unpaired) electrons. The number of hydrogen-bond acceptors (Lipinski definition) is 5. The molecular formula is C8H16N2O3S2. The van der Waals surface area contributed by atoms with Crippen LogP contribution in [0.5, 0.6) is 0 Å². The third-order valence-electron chi connectivity index (χ3n) is 1.77. The van der Waals surface area contributed by atoms with E-state index in [0.717, 1.165) is 5.75 Å². The Bertz CT molecular complexity index is 226. The third-order valence-corrected chi connectivity index (χ3v) is 2.78. The quantitative estimate of drug-likeness (QED) is 0.461. The van der Waals surface area contributed by atoms with Gasteiger partial charge >= 0.3 is 5.97 Å². The molecule has 1 amide bonds. The Balaban J connectivity index is 4.04. The minimum absolute atomic E-state index is 0.0519. The number of amides is 1. The van der Waals surface area contributed by atoms with Crippen molar-refractivity contribution >= 4 is 36.3 Å². The lowest BCUT2D eigenvalue weighted by molar-refractivity contribution is -0.141. The van der Waals surface area contributed by atoms with Crippen molar-refractivity contribution in [3.63, 3.8) is 0 Å². The number of nitrogens with one attached hydrogen (secondary N) is 1. The first-order valence-corrected chi connectivity index (χ1v) is 6.44. The molecule has 0 bridgehead atoms. The highest BCUT2D eigenvalue weighted by Gasteiger charge is 2.21. The van der Waals surface area contributed by atoms with E-state index >= 15 is 0 Å². The molecule has 0 aliphatic carbocycles. The second kappa shape index (κ2) is 7.84. The Kier molecular flexibility index (Phi) is 7.63. The summed E-state index contributed by atoms with van der Waals surface area (Å²) in [5, 5.41) is 11.0. The van der Waals surface area contributed by atoms with Gasteiger partial charge in [-0.25, -0.2) is 4.79 Å². The van der Waals surface area contributed by atoms with Crippen molar-refractivity contribution in [2.24, 2.45) is 5.73 Å². The minimum Gasteiger partial charge on any atom is -0.480 e. The maximum atomic E-state index is 11.4. The summed E-state index contributed by atoms with van der Waals surface area (Å²) >= 11 is 5.41. The van der Waals surface area contributed by atoms with Crippen LogP contribution >= 0.6 is 24.4 Å². The van der Waals surface area contributed by atoms with Crippen LogP contribution in [0.3, 0.4) is 0 Å². The summed E-state index contributed by atoms with van der Waals surface area (Å²) in [5.74, 6) is -0.718. The van der Waals surface area contributed by atoms with Crippen molar-refractivity contribution in [1.82, 2.24) is 5.32 Å². The highest BCUT2D eigenvalue weighted by atomic mass is 32.2. The van der Waals surface area contributed by atoms with Crippen LogP contribution in [0.1, 0.15) is 6.42 Å². The molecule has 0 spiro atoms. The van der Waals surface area contributed by atoms with Crippen LogP contribution in [0, 0.1) is 0 Å². The number of thiol groups is 1. The van der Waals surface area contributed by atoms with Crippen molar-refractivity contribution < 1.29 is 14.7 Å². The molecule has 0 rings (SSSR count). The average molecular weight is 252 g/mol. The molecule has 2 atom stereocenters. The van der Waals surface area contributed by atoms with E-state index in [2.05, 4.69) is 17.9 Å². The lowest BCUT2D eigenvalue weighted by Gasteiger charge is -2.15. The molecular weight excluding hydrogens is 236 g/mol. The van der Waals surface area contributed by atoms with Gasteiger partial charge in [-0.2, -0.15) is 24.4 Å². The molecule has 0 fully saturated rings. The van der Waals surface area contributed by atoms with Gasteiger partial charge in [0.15, 0.2) is 0 Å². The second-order valence-electron chi connectivity index (χ2n) is 2.97. The number of thioether (sulfide) groups is 1. The molecule has 7 heteroatoms. The molecule has 4 N–H and O–H groups in total. The smallest absolute Gasteiger partial charge is 0.327 e. The van der Waals surface area contributed by atoms with Crippen molar-refractivity contribution in [3.05, 3.63) is 0 Å². The fourth-order valence-corrected chi connectivity index (χ4v) is 1.58. The molecule has 0 aromatic heterocycles. The number of carboxylic acid groups (broad SMARTS) is 1. The third kappa shape index (κ3) is 5.91. The predicted molar refractivity (Wildman–Crippen MR) is 64.4 cm³/mol. The van der Waals surface area contributed by atoms with Crippen molar-refractivity contribution in [2.75, 3.05) is 17.8 Å². The molecule has 0 saturated heterocycles. The van der Waals surface area contributed by atoms with E-state index in [1.54, 1.807) is 11.8 Å². The van der Waals surface area contributed by atoms with Gasteiger partial charge in [-0.1, -0.05) is 0 Å². The number of nitrogens with two attached hydrogens (primary N) is 1. The monoisotopic (exact) mass is 252 g/mol.